The molecule has 19 nitrogen and oxygen atoms in total. The summed E-state index contributed by atoms with van der Waals surface area (Å²) in [5.74, 6) is -11.5. The van der Waals surface area contributed by atoms with Gasteiger partial charge in [0.2, 0.25) is 17.7 Å². The third kappa shape index (κ3) is 16.9. The average molecular weight is 925 g/mol. The van der Waals surface area contributed by atoms with E-state index in [1.165, 1.54) is 19.9 Å². The van der Waals surface area contributed by atoms with Crippen molar-refractivity contribution >= 4 is 59.6 Å². The topological polar surface area (TPSA) is 264 Å². The zero-order valence-corrected chi connectivity index (χ0v) is 37.2. The van der Waals surface area contributed by atoms with E-state index >= 15 is 0 Å². The maximum Gasteiger partial charge on any atom is 0.408 e. The van der Waals surface area contributed by atoms with Gasteiger partial charge in [-0.25, -0.2) is 36.7 Å². The van der Waals surface area contributed by atoms with Crippen molar-refractivity contribution in [3.63, 3.8) is 0 Å². The average Bonchev–Trinajstić information content (AvgIpc) is 3.11. The highest BCUT2D eigenvalue weighted by Gasteiger charge is 2.46. The van der Waals surface area contributed by atoms with Gasteiger partial charge in [-0.05, 0) is 105 Å². The summed E-state index contributed by atoms with van der Waals surface area (Å²) in [5.41, 5.74) is -1.48. The summed E-state index contributed by atoms with van der Waals surface area (Å²) in [6.07, 6.45) is -3.11. The monoisotopic (exact) mass is 924 g/mol. The second-order valence-electron chi connectivity index (χ2n) is 16.9. The summed E-state index contributed by atoms with van der Waals surface area (Å²) in [6.45, 7) is 16.3. The van der Waals surface area contributed by atoms with Crippen molar-refractivity contribution in [1.29, 1.82) is 0 Å². The number of nitrogens with zero attached hydrogens (tertiary/aromatic N) is 2. The van der Waals surface area contributed by atoms with Crippen molar-refractivity contribution in [2.75, 3.05) is 0 Å². The molecule has 2 aliphatic heterocycles. The van der Waals surface area contributed by atoms with Crippen LogP contribution in [-0.2, 0) is 38.2 Å². The van der Waals surface area contributed by atoms with Crippen molar-refractivity contribution in [3.05, 3.63) is 70.8 Å². The normalized spacial score (nSPS) is 16.3. The molecule has 1 unspecified atom stereocenters. The first-order valence-electron chi connectivity index (χ1n) is 19.8. The Labute approximate surface area is 370 Å². The molecular formula is C42H52F4N6O13. The molecule has 0 saturated carbocycles. The molecule has 2 aromatic carbocycles. The molecule has 2 saturated heterocycles. The van der Waals surface area contributed by atoms with Gasteiger partial charge in [0.15, 0.2) is 35.0 Å². The Kier molecular flexibility index (Phi) is 18.9. The third-order valence-corrected chi connectivity index (χ3v) is 8.45. The van der Waals surface area contributed by atoms with Gasteiger partial charge in [-0.1, -0.05) is 12.1 Å². The van der Waals surface area contributed by atoms with E-state index in [9.17, 15) is 65.5 Å². The number of urea groups is 2. The van der Waals surface area contributed by atoms with Gasteiger partial charge >= 0.3 is 30.2 Å². The lowest BCUT2D eigenvalue weighted by molar-refractivity contribution is -0.149. The van der Waals surface area contributed by atoms with Crippen molar-refractivity contribution in [1.82, 2.24) is 31.1 Å². The van der Waals surface area contributed by atoms with Crippen molar-refractivity contribution in [2.45, 2.75) is 124 Å². The zero-order valence-electron chi connectivity index (χ0n) is 37.2. The van der Waals surface area contributed by atoms with Crippen LogP contribution in [0, 0.1) is 29.2 Å². The second-order valence-corrected chi connectivity index (χ2v) is 16.9. The molecule has 0 spiro atoms. The van der Waals surface area contributed by atoms with Gasteiger partial charge in [0.25, 0.3) is 5.91 Å². The number of halogens is 4. The lowest BCUT2D eigenvalue weighted by Gasteiger charge is -2.32. The van der Waals surface area contributed by atoms with Gasteiger partial charge in [-0.15, -0.1) is 0 Å². The molecule has 5 N–H and O–H groups in total. The Hall–Kier alpha value is -6.94. The molecular weight excluding hydrogens is 872 g/mol. The Morgan fingerprint density at radius 2 is 1.09 bits per heavy atom. The van der Waals surface area contributed by atoms with E-state index < -0.39 is 131 Å². The number of carboxylic acid groups (broad SMARTS) is 1. The molecule has 0 aromatic heterocycles. The van der Waals surface area contributed by atoms with Gasteiger partial charge < -0.3 is 25.2 Å². The highest BCUT2D eigenvalue weighted by atomic mass is 19.2. The predicted molar refractivity (Wildman–Crippen MR) is 218 cm³/mol. The van der Waals surface area contributed by atoms with E-state index in [0.29, 0.717) is 0 Å². The minimum absolute atomic E-state index is 0.0172. The summed E-state index contributed by atoms with van der Waals surface area (Å²) < 4.78 is 63.4. The number of aliphatic carboxylic acids is 1. The number of hydrogen-bond acceptors (Lipinski definition) is 12. The van der Waals surface area contributed by atoms with E-state index in [2.05, 4.69) is 16.0 Å². The number of ether oxygens (including phenoxy) is 2. The summed E-state index contributed by atoms with van der Waals surface area (Å²) in [7, 11) is 0. The molecule has 4 rings (SSSR count). The van der Waals surface area contributed by atoms with E-state index in [4.69, 9.17) is 14.6 Å². The molecule has 10 amide bonds. The van der Waals surface area contributed by atoms with E-state index in [0.717, 1.165) is 40.1 Å². The first-order valence-corrected chi connectivity index (χ1v) is 19.8. The van der Waals surface area contributed by atoms with Crippen LogP contribution >= 0.6 is 0 Å². The number of carboxylic acids is 1. The summed E-state index contributed by atoms with van der Waals surface area (Å²) >= 11 is 0. The van der Waals surface area contributed by atoms with Gasteiger partial charge in [0, 0.05) is 18.5 Å². The number of hydrogen-bond donors (Lipinski definition) is 5. The fourth-order valence-corrected chi connectivity index (χ4v) is 5.80. The molecule has 0 aliphatic carbocycles. The van der Waals surface area contributed by atoms with Crippen molar-refractivity contribution < 1.29 is 80.1 Å². The van der Waals surface area contributed by atoms with Crippen LogP contribution in [0.4, 0.5) is 36.7 Å². The number of Topliss-reactive ketones (excluding diaryl/α,β-unsaturated/α-hetero) is 1. The minimum atomic E-state index is -1.83. The second kappa shape index (κ2) is 22.6. The smallest absolute Gasteiger partial charge is 0.408 e. The summed E-state index contributed by atoms with van der Waals surface area (Å²) in [4.78, 5) is 119. The SMILES string of the molecule is CC(C)(C)OC(=O)N[C@H](CC(=O)O)c1ccc(F)c(F)c1.CC(C)N1C(=O)CC(=O)NC1=O.CC(C)N1C(=O)NC(=O)C(C(=O)C[C@@H](NC(=O)OC(C)(C)C)c2ccc(F)c(F)c2)C1=O. The van der Waals surface area contributed by atoms with E-state index in [1.807, 2.05) is 5.32 Å². The zero-order chi connectivity index (χ0) is 49.9. The standard InChI is InChI=1S/C21H25F2N3O6.C14H17F2NO4.C7H10N2O3/c1-10(2)26-18(29)16(17(28)25-19(26)30)15(27)9-14(24-20(31)32-21(3,4)5)11-6-7-12(22)13(23)8-11;1-14(2,3)21-13(20)17-11(7-12(18)19)8-4-5-9(15)10(16)6-8;1-4(2)9-6(11)3-5(10)8-7(9)12/h6-8,10,14,16H,9H2,1-5H3,(H,24,31)(H,25,28,30);4-6,11H,7H2,1-3H3,(H,17,20)(H,18,19);4H,3H2,1-2H3,(H,8,10,12)/t14-,16?;11-;/m11./s1. The van der Waals surface area contributed by atoms with Crippen molar-refractivity contribution in [3.8, 4) is 0 Å². The Bertz CT molecular complexity index is 2170. The van der Waals surface area contributed by atoms with Crippen LogP contribution in [0.15, 0.2) is 36.4 Å². The third-order valence-electron chi connectivity index (χ3n) is 8.45. The van der Waals surface area contributed by atoms with Gasteiger partial charge in [0.1, 0.15) is 17.6 Å². The number of amides is 10. The molecule has 2 aliphatic rings. The number of imide groups is 4. The molecule has 2 fully saturated rings. The lowest BCUT2D eigenvalue weighted by Crippen LogP contribution is -2.61. The van der Waals surface area contributed by atoms with Crippen LogP contribution in [0.1, 0.15) is 112 Å². The molecule has 0 bridgehead atoms. The van der Waals surface area contributed by atoms with Crippen LogP contribution in [0.3, 0.4) is 0 Å². The molecule has 3 atom stereocenters. The van der Waals surface area contributed by atoms with Crippen LogP contribution in [-0.4, -0.2) is 97.8 Å². The molecule has 65 heavy (non-hydrogen) atoms. The predicted octanol–water partition coefficient (Wildman–Crippen LogP) is 5.46. The van der Waals surface area contributed by atoms with Crippen molar-refractivity contribution in [2.24, 2.45) is 5.92 Å². The Morgan fingerprint density at radius 1 is 0.677 bits per heavy atom. The molecule has 23 heteroatoms. The van der Waals surface area contributed by atoms with Crippen LogP contribution in [0.5, 0.6) is 0 Å². The number of barbiturate groups is 2. The summed E-state index contributed by atoms with van der Waals surface area (Å²) in [5, 5.41) is 17.6. The maximum atomic E-state index is 13.8. The van der Waals surface area contributed by atoms with E-state index in [1.54, 1.807) is 55.4 Å². The van der Waals surface area contributed by atoms with Crippen LogP contribution in [0.25, 0.3) is 0 Å². The fraction of sp³-hybridized carbons (Fsp3) is 0.476. The maximum absolute atomic E-state index is 13.8. The van der Waals surface area contributed by atoms with Crippen LogP contribution in [0.2, 0.25) is 0 Å². The van der Waals surface area contributed by atoms with E-state index in [-0.39, 0.29) is 23.6 Å². The van der Waals surface area contributed by atoms with Gasteiger partial charge in [-0.2, -0.15) is 0 Å². The molecule has 0 radical (unpaired) electrons. The number of carbonyl (C=O) groups excluding carboxylic acids is 9. The molecule has 2 aromatic rings. The fourth-order valence-electron chi connectivity index (χ4n) is 5.80. The number of ketones is 1. The Balaban J connectivity index is 0.000000375. The quantitative estimate of drug-likeness (QED) is 0.139. The molecule has 2 heterocycles. The molecule has 356 valence electrons. The van der Waals surface area contributed by atoms with Gasteiger partial charge in [-0.3, -0.25) is 49.2 Å². The highest BCUT2D eigenvalue weighted by molar-refractivity contribution is 6.26. The first-order chi connectivity index (χ1) is 29.8. The Morgan fingerprint density at radius 3 is 1.46 bits per heavy atom. The first kappa shape index (κ1) is 54.2. The number of nitrogens with one attached hydrogen (secondary N) is 4. The van der Waals surface area contributed by atoms with Crippen LogP contribution < -0.4 is 21.3 Å². The highest BCUT2D eigenvalue weighted by Crippen LogP contribution is 2.25. The number of rotatable bonds is 11. The lowest BCUT2D eigenvalue weighted by atomic mass is 9.91. The number of carbonyl (C=O) groups is 10. The summed E-state index contributed by atoms with van der Waals surface area (Å²) in [6, 6.07) is 1.05. The minimum Gasteiger partial charge on any atom is -0.481 e. The number of benzene rings is 2. The number of alkyl carbamates (subject to hydrolysis) is 2. The van der Waals surface area contributed by atoms with Gasteiger partial charge in [0.05, 0.1) is 18.5 Å². The largest absolute Gasteiger partial charge is 0.481 e.